The molecule has 6 nitrogen and oxygen atoms in total. The first kappa shape index (κ1) is 17.7. The van der Waals surface area contributed by atoms with Crippen molar-refractivity contribution < 1.29 is 9.32 Å². The van der Waals surface area contributed by atoms with Crippen LogP contribution >= 0.6 is 15.9 Å². The average Bonchev–Trinajstić information content (AvgIpc) is 3.33. The number of benzene rings is 2. The SMILES string of the molecule is O=C(Nc1cccc(-c2noc(=O)[nH]2)c1)C1(c2ccc(Br)cc2)CCCC1. The third kappa shape index (κ3) is 3.47. The van der Waals surface area contributed by atoms with Gasteiger partial charge in [-0.15, -0.1) is 0 Å². The van der Waals surface area contributed by atoms with Gasteiger partial charge < -0.3 is 5.32 Å². The van der Waals surface area contributed by atoms with Gasteiger partial charge in [-0.1, -0.05) is 58.2 Å². The predicted molar refractivity (Wildman–Crippen MR) is 105 cm³/mol. The molecule has 1 aliphatic carbocycles. The van der Waals surface area contributed by atoms with Gasteiger partial charge >= 0.3 is 5.76 Å². The highest BCUT2D eigenvalue weighted by Crippen LogP contribution is 2.42. The Kier molecular flexibility index (Phi) is 4.70. The molecule has 0 radical (unpaired) electrons. The summed E-state index contributed by atoms with van der Waals surface area (Å²) in [6, 6.07) is 15.2. The summed E-state index contributed by atoms with van der Waals surface area (Å²) in [6.45, 7) is 0. The summed E-state index contributed by atoms with van der Waals surface area (Å²) in [5, 5.41) is 6.75. The Hall–Kier alpha value is -2.67. The number of nitrogens with zero attached hydrogens (tertiary/aromatic N) is 1. The van der Waals surface area contributed by atoms with Crippen LogP contribution in [0.4, 0.5) is 5.69 Å². The summed E-state index contributed by atoms with van der Waals surface area (Å²) in [5.74, 6) is -0.285. The second kappa shape index (κ2) is 7.15. The number of hydrogen-bond acceptors (Lipinski definition) is 4. The zero-order chi connectivity index (χ0) is 18.9. The highest BCUT2D eigenvalue weighted by Gasteiger charge is 2.42. The lowest BCUT2D eigenvalue weighted by Gasteiger charge is -2.28. The molecular formula is C20H18BrN3O3. The Labute approximate surface area is 164 Å². The van der Waals surface area contributed by atoms with E-state index in [4.69, 9.17) is 0 Å². The summed E-state index contributed by atoms with van der Waals surface area (Å²) in [6.07, 6.45) is 3.72. The molecule has 1 amide bonds. The normalized spacial score (nSPS) is 15.6. The zero-order valence-corrected chi connectivity index (χ0v) is 16.1. The predicted octanol–water partition coefficient (Wildman–Crippen LogP) is 4.24. The van der Waals surface area contributed by atoms with Gasteiger partial charge in [0.25, 0.3) is 0 Å². The van der Waals surface area contributed by atoms with Crippen LogP contribution in [-0.4, -0.2) is 16.0 Å². The summed E-state index contributed by atoms with van der Waals surface area (Å²) < 4.78 is 5.55. The van der Waals surface area contributed by atoms with E-state index in [0.29, 0.717) is 17.1 Å². The van der Waals surface area contributed by atoms with E-state index in [-0.39, 0.29) is 5.91 Å². The van der Waals surface area contributed by atoms with Crippen molar-refractivity contribution >= 4 is 27.5 Å². The van der Waals surface area contributed by atoms with Gasteiger partial charge in [-0.3, -0.25) is 14.3 Å². The van der Waals surface area contributed by atoms with Crippen molar-refractivity contribution in [3.63, 3.8) is 0 Å². The largest absolute Gasteiger partial charge is 0.439 e. The van der Waals surface area contributed by atoms with Gasteiger partial charge in [-0.05, 0) is 42.7 Å². The first-order valence-electron chi connectivity index (χ1n) is 8.81. The molecule has 0 aliphatic heterocycles. The third-order valence-electron chi connectivity index (χ3n) is 5.12. The Morgan fingerprint density at radius 1 is 1.15 bits per heavy atom. The number of hydrogen-bond donors (Lipinski definition) is 2. The molecule has 138 valence electrons. The minimum Gasteiger partial charge on any atom is -0.325 e. The smallest absolute Gasteiger partial charge is 0.325 e. The third-order valence-corrected chi connectivity index (χ3v) is 5.65. The fraction of sp³-hybridized carbons (Fsp3) is 0.250. The van der Waals surface area contributed by atoms with Crippen molar-refractivity contribution in [1.29, 1.82) is 0 Å². The van der Waals surface area contributed by atoms with E-state index in [2.05, 4.69) is 35.9 Å². The van der Waals surface area contributed by atoms with E-state index in [9.17, 15) is 9.59 Å². The van der Waals surface area contributed by atoms with Crippen LogP contribution in [0.25, 0.3) is 11.4 Å². The maximum absolute atomic E-state index is 13.3. The molecule has 2 N–H and O–H groups in total. The Balaban J connectivity index is 1.62. The number of rotatable bonds is 4. The molecule has 0 unspecified atom stereocenters. The second-order valence-corrected chi connectivity index (χ2v) is 7.69. The van der Waals surface area contributed by atoms with Crippen LogP contribution in [0.3, 0.4) is 0 Å². The fourth-order valence-electron chi connectivity index (χ4n) is 3.74. The molecule has 0 spiro atoms. The number of carbonyl (C=O) groups excluding carboxylic acids is 1. The van der Waals surface area contributed by atoms with Crippen LogP contribution in [0.15, 0.2) is 62.3 Å². The fourth-order valence-corrected chi connectivity index (χ4v) is 4.01. The minimum absolute atomic E-state index is 0.00637. The van der Waals surface area contributed by atoms with Crippen LogP contribution in [0.1, 0.15) is 31.2 Å². The number of halogens is 1. The molecule has 7 heteroatoms. The number of H-pyrrole nitrogens is 1. The van der Waals surface area contributed by atoms with Crippen molar-refractivity contribution in [3.8, 4) is 11.4 Å². The quantitative estimate of drug-likeness (QED) is 0.651. The number of aromatic nitrogens is 2. The van der Waals surface area contributed by atoms with Crippen molar-refractivity contribution in [1.82, 2.24) is 10.1 Å². The maximum atomic E-state index is 13.3. The molecule has 4 rings (SSSR count). The molecule has 0 atom stereocenters. The monoisotopic (exact) mass is 427 g/mol. The van der Waals surface area contributed by atoms with E-state index >= 15 is 0 Å². The van der Waals surface area contributed by atoms with E-state index < -0.39 is 11.2 Å². The zero-order valence-electron chi connectivity index (χ0n) is 14.5. The van der Waals surface area contributed by atoms with Crippen LogP contribution in [0.5, 0.6) is 0 Å². The van der Waals surface area contributed by atoms with E-state index in [1.165, 1.54) is 0 Å². The highest BCUT2D eigenvalue weighted by molar-refractivity contribution is 9.10. The molecule has 1 aromatic heterocycles. The molecule has 2 aromatic carbocycles. The van der Waals surface area contributed by atoms with Crippen molar-refractivity contribution in [2.45, 2.75) is 31.1 Å². The van der Waals surface area contributed by atoms with Gasteiger partial charge in [-0.2, -0.15) is 0 Å². The summed E-state index contributed by atoms with van der Waals surface area (Å²) in [7, 11) is 0. The van der Waals surface area contributed by atoms with Gasteiger partial charge in [0.1, 0.15) is 0 Å². The molecule has 1 heterocycles. The average molecular weight is 428 g/mol. The van der Waals surface area contributed by atoms with E-state index in [0.717, 1.165) is 35.7 Å². The molecule has 1 aliphatic rings. The Morgan fingerprint density at radius 2 is 1.89 bits per heavy atom. The summed E-state index contributed by atoms with van der Waals surface area (Å²) >= 11 is 3.46. The van der Waals surface area contributed by atoms with Crippen LogP contribution in [0.2, 0.25) is 0 Å². The van der Waals surface area contributed by atoms with Crippen molar-refractivity contribution in [2.75, 3.05) is 5.32 Å². The summed E-state index contributed by atoms with van der Waals surface area (Å²) in [4.78, 5) is 26.9. The van der Waals surface area contributed by atoms with E-state index in [1.54, 1.807) is 18.2 Å². The van der Waals surface area contributed by atoms with Gasteiger partial charge in [0, 0.05) is 15.7 Å². The highest BCUT2D eigenvalue weighted by atomic mass is 79.9. The lowest BCUT2D eigenvalue weighted by atomic mass is 9.78. The Morgan fingerprint density at radius 3 is 2.56 bits per heavy atom. The first-order valence-corrected chi connectivity index (χ1v) is 9.60. The van der Waals surface area contributed by atoms with Gasteiger partial charge in [-0.25, -0.2) is 4.79 Å². The number of amides is 1. The topological polar surface area (TPSA) is 88.0 Å². The maximum Gasteiger partial charge on any atom is 0.439 e. The van der Waals surface area contributed by atoms with Crippen molar-refractivity contribution in [2.24, 2.45) is 0 Å². The molecule has 1 fully saturated rings. The number of anilines is 1. The molecule has 3 aromatic rings. The van der Waals surface area contributed by atoms with Crippen molar-refractivity contribution in [3.05, 3.63) is 69.1 Å². The van der Waals surface area contributed by atoms with Crippen LogP contribution < -0.4 is 11.1 Å². The second-order valence-electron chi connectivity index (χ2n) is 6.77. The lowest BCUT2D eigenvalue weighted by molar-refractivity contribution is -0.121. The Bertz CT molecular complexity index is 1020. The molecule has 0 saturated heterocycles. The number of nitrogens with one attached hydrogen (secondary N) is 2. The van der Waals surface area contributed by atoms with Crippen LogP contribution in [0, 0.1) is 0 Å². The van der Waals surface area contributed by atoms with Gasteiger partial charge in [0.05, 0.1) is 5.41 Å². The van der Waals surface area contributed by atoms with E-state index in [1.807, 2.05) is 30.3 Å². The van der Waals surface area contributed by atoms with Gasteiger partial charge in [0.15, 0.2) is 5.82 Å². The number of carbonyl (C=O) groups is 1. The molecular weight excluding hydrogens is 410 g/mol. The number of aromatic amines is 1. The first-order chi connectivity index (χ1) is 13.1. The van der Waals surface area contributed by atoms with Gasteiger partial charge in [0.2, 0.25) is 5.91 Å². The molecule has 27 heavy (non-hydrogen) atoms. The standard InChI is InChI=1S/C20H18BrN3O3/c21-15-8-6-14(7-9-15)20(10-1-2-11-20)18(25)22-16-5-3-4-13(12-16)17-23-19(26)27-24-17/h3-9,12H,1-2,10-11H2,(H,22,25)(H,23,24,26). The minimum atomic E-state index is -0.611. The van der Waals surface area contributed by atoms with Crippen LogP contribution in [-0.2, 0) is 10.2 Å². The summed E-state index contributed by atoms with van der Waals surface area (Å²) in [5.41, 5.74) is 1.85. The molecule has 0 bridgehead atoms. The molecule has 1 saturated carbocycles. The lowest BCUT2D eigenvalue weighted by Crippen LogP contribution is -2.37.